The summed E-state index contributed by atoms with van der Waals surface area (Å²) in [6.07, 6.45) is 9.94. The van der Waals surface area contributed by atoms with Crippen molar-refractivity contribution < 1.29 is 18.0 Å². The van der Waals surface area contributed by atoms with Crippen molar-refractivity contribution in [3.05, 3.63) is 11.1 Å². The van der Waals surface area contributed by atoms with E-state index < -0.39 is 22.3 Å². The molecule has 2 fully saturated rings. The van der Waals surface area contributed by atoms with E-state index >= 15 is 0 Å². The molecule has 5 N–H and O–H groups in total. The van der Waals surface area contributed by atoms with Gasteiger partial charge in [-0.1, -0.05) is 43.8 Å². The Bertz CT molecular complexity index is 773. The number of nitrogens with two attached hydrogens (primary N) is 1. The zero-order valence-electron chi connectivity index (χ0n) is 20.6. The van der Waals surface area contributed by atoms with Gasteiger partial charge in [0.15, 0.2) is 0 Å². The van der Waals surface area contributed by atoms with Gasteiger partial charge in [-0.2, -0.15) is 17.9 Å². The maximum absolute atomic E-state index is 13.4. The van der Waals surface area contributed by atoms with Crippen molar-refractivity contribution in [3.63, 3.8) is 0 Å². The van der Waals surface area contributed by atoms with Gasteiger partial charge in [0.1, 0.15) is 12.3 Å². The maximum Gasteiger partial charge on any atom is 0.278 e. The van der Waals surface area contributed by atoms with Crippen molar-refractivity contribution in [2.75, 3.05) is 6.54 Å². The molecule has 4 atom stereocenters. The van der Waals surface area contributed by atoms with E-state index in [1.165, 1.54) is 11.1 Å². The highest BCUT2D eigenvalue weighted by Crippen LogP contribution is 2.31. The van der Waals surface area contributed by atoms with Gasteiger partial charge in [-0.3, -0.25) is 4.79 Å². The quantitative estimate of drug-likeness (QED) is 0.192. The molecule has 0 aromatic heterocycles. The van der Waals surface area contributed by atoms with Gasteiger partial charge in [-0.05, 0) is 77.2 Å². The van der Waals surface area contributed by atoms with Crippen LogP contribution < -0.4 is 20.5 Å². The Morgan fingerprint density at radius 3 is 2.42 bits per heavy atom. The first-order chi connectivity index (χ1) is 15.7. The third-order valence-electron chi connectivity index (χ3n) is 7.22. The van der Waals surface area contributed by atoms with Gasteiger partial charge in [-0.25, -0.2) is 0 Å². The highest BCUT2D eigenvalue weighted by atomic mass is 32.2. The van der Waals surface area contributed by atoms with Crippen LogP contribution in [0.2, 0.25) is 0 Å². The number of unbranched alkanes of at least 4 members (excludes halogenated alkanes) is 1. The van der Waals surface area contributed by atoms with Crippen LogP contribution in [0.25, 0.3) is 0 Å². The number of amides is 1. The van der Waals surface area contributed by atoms with E-state index in [0.29, 0.717) is 31.6 Å². The Kier molecular flexibility index (Phi) is 11.5. The second kappa shape index (κ2) is 13.6. The molecular weight excluding hydrogens is 440 g/mol. The van der Waals surface area contributed by atoms with E-state index in [1.807, 2.05) is 0 Å². The summed E-state index contributed by atoms with van der Waals surface area (Å²) in [5.41, 5.74) is 8.16. The lowest BCUT2D eigenvalue weighted by Gasteiger charge is -2.35. The van der Waals surface area contributed by atoms with Crippen LogP contribution in [0.3, 0.4) is 0 Å². The van der Waals surface area contributed by atoms with Crippen molar-refractivity contribution in [2.24, 2.45) is 17.6 Å². The predicted molar refractivity (Wildman–Crippen MR) is 132 cm³/mol. The van der Waals surface area contributed by atoms with Crippen LogP contribution in [0.4, 0.5) is 0 Å². The van der Waals surface area contributed by atoms with Gasteiger partial charge in [0.25, 0.3) is 10.2 Å². The van der Waals surface area contributed by atoms with Gasteiger partial charge in [0.05, 0.1) is 6.04 Å². The molecule has 0 bridgehead atoms. The number of rotatable bonds is 12. The number of carbonyl (C=O) groups excluding carboxylic acids is 2. The monoisotopic (exact) mass is 484 g/mol. The first-order valence-electron chi connectivity index (χ1n) is 12.6. The molecule has 1 amide bonds. The Morgan fingerprint density at radius 1 is 1.12 bits per heavy atom. The van der Waals surface area contributed by atoms with E-state index in [2.05, 4.69) is 35.5 Å². The number of aldehydes is 1. The molecule has 2 aliphatic rings. The third-order valence-corrected chi connectivity index (χ3v) is 8.39. The fraction of sp³-hybridized carbons (Fsp3) is 0.833. The zero-order chi connectivity index (χ0) is 24.4. The summed E-state index contributed by atoms with van der Waals surface area (Å²) in [5, 5.41) is 3.17. The number of nitrogens with one attached hydrogen (secondary N) is 3. The van der Waals surface area contributed by atoms with Crippen molar-refractivity contribution in [1.29, 1.82) is 0 Å². The predicted octanol–water partition coefficient (Wildman–Crippen LogP) is 2.70. The molecule has 0 aromatic carbocycles. The summed E-state index contributed by atoms with van der Waals surface area (Å²) in [4.78, 5) is 24.8. The van der Waals surface area contributed by atoms with E-state index in [0.717, 1.165) is 57.8 Å². The molecule has 190 valence electrons. The van der Waals surface area contributed by atoms with E-state index in [1.54, 1.807) is 0 Å². The van der Waals surface area contributed by atoms with Gasteiger partial charge >= 0.3 is 0 Å². The van der Waals surface area contributed by atoms with Gasteiger partial charge in [0, 0.05) is 6.04 Å². The topological polar surface area (TPSA) is 130 Å². The van der Waals surface area contributed by atoms with Crippen molar-refractivity contribution >= 4 is 22.4 Å². The molecule has 2 saturated carbocycles. The molecule has 2 unspecified atom stereocenters. The van der Waals surface area contributed by atoms with Crippen LogP contribution in [0.5, 0.6) is 0 Å². The van der Waals surface area contributed by atoms with Gasteiger partial charge < -0.3 is 15.8 Å². The lowest BCUT2D eigenvalue weighted by molar-refractivity contribution is -0.125. The summed E-state index contributed by atoms with van der Waals surface area (Å²) in [6.45, 7) is 6.84. The SMILES string of the molecule is CC(C)=C1CCC(C)C(NC(=O)[C@@H](NS(=O)(=O)N[C@H](C=O)CCCCN)C2CCCCC2)C1. The molecule has 0 radical (unpaired) electrons. The minimum atomic E-state index is -4.03. The third kappa shape index (κ3) is 9.11. The van der Waals surface area contributed by atoms with Crippen LogP contribution in [0.1, 0.15) is 91.4 Å². The van der Waals surface area contributed by atoms with Crippen LogP contribution >= 0.6 is 0 Å². The molecule has 0 heterocycles. The minimum Gasteiger partial charge on any atom is -0.351 e. The highest BCUT2D eigenvalue weighted by molar-refractivity contribution is 7.87. The largest absolute Gasteiger partial charge is 0.351 e. The standard InChI is InChI=1S/C24H44N4O4S/c1-17(2)20-13-12-18(3)22(15-20)26-24(30)23(19-9-5-4-6-10-19)28-33(31,32)27-21(16-29)11-7-8-14-25/h16,18-19,21-23,27-28H,4-15,25H2,1-3H3,(H,26,30)/t18?,21-,22?,23-/m0/s1. The van der Waals surface area contributed by atoms with E-state index in [9.17, 15) is 18.0 Å². The molecule has 0 saturated heterocycles. The molecule has 2 rings (SSSR count). The molecule has 9 heteroatoms. The summed E-state index contributed by atoms with van der Waals surface area (Å²) in [5.74, 6) is 0.0229. The number of allylic oxidation sites excluding steroid dienone is 1. The average molecular weight is 485 g/mol. The highest BCUT2D eigenvalue weighted by Gasteiger charge is 2.36. The van der Waals surface area contributed by atoms with Crippen LogP contribution in [-0.2, 0) is 19.8 Å². The zero-order valence-corrected chi connectivity index (χ0v) is 21.4. The van der Waals surface area contributed by atoms with E-state index in [-0.39, 0.29) is 17.9 Å². The smallest absolute Gasteiger partial charge is 0.278 e. The Balaban J connectivity index is 2.12. The maximum atomic E-state index is 13.4. The van der Waals surface area contributed by atoms with Crippen LogP contribution in [0, 0.1) is 11.8 Å². The number of hydrogen-bond acceptors (Lipinski definition) is 5. The lowest BCUT2D eigenvalue weighted by atomic mass is 9.80. The second-order valence-electron chi connectivity index (χ2n) is 10.1. The Morgan fingerprint density at radius 2 is 1.82 bits per heavy atom. The number of carbonyl (C=O) groups is 2. The van der Waals surface area contributed by atoms with E-state index in [4.69, 9.17) is 5.73 Å². The normalized spacial score (nSPS) is 24.2. The van der Waals surface area contributed by atoms with Gasteiger partial charge in [-0.15, -0.1) is 0 Å². The fourth-order valence-corrected chi connectivity index (χ4v) is 6.26. The molecule has 0 aliphatic heterocycles. The average Bonchev–Trinajstić information content (AvgIpc) is 2.78. The summed E-state index contributed by atoms with van der Waals surface area (Å²) in [6, 6.07) is -1.68. The first-order valence-corrected chi connectivity index (χ1v) is 14.1. The fourth-order valence-electron chi connectivity index (χ4n) is 4.99. The second-order valence-corrected chi connectivity index (χ2v) is 11.6. The molecule has 0 aromatic rings. The molecule has 8 nitrogen and oxygen atoms in total. The molecule has 2 aliphatic carbocycles. The van der Waals surface area contributed by atoms with Crippen molar-refractivity contribution in [1.82, 2.24) is 14.8 Å². The Labute approximate surface area is 200 Å². The number of hydrogen-bond donors (Lipinski definition) is 4. The molecule has 33 heavy (non-hydrogen) atoms. The van der Waals surface area contributed by atoms with Gasteiger partial charge in [0.2, 0.25) is 5.91 Å². The summed E-state index contributed by atoms with van der Waals surface area (Å²) in [7, 11) is -4.03. The summed E-state index contributed by atoms with van der Waals surface area (Å²) < 4.78 is 30.8. The Hall–Kier alpha value is -1.29. The molecular formula is C24H44N4O4S. The summed E-state index contributed by atoms with van der Waals surface area (Å²) >= 11 is 0. The van der Waals surface area contributed by atoms with Crippen LogP contribution in [-0.4, -0.2) is 45.3 Å². The van der Waals surface area contributed by atoms with Crippen LogP contribution in [0.15, 0.2) is 11.1 Å². The molecule has 0 spiro atoms. The van der Waals surface area contributed by atoms with Crippen molar-refractivity contribution in [3.8, 4) is 0 Å². The van der Waals surface area contributed by atoms with Crippen molar-refractivity contribution in [2.45, 2.75) is 110 Å². The minimum absolute atomic E-state index is 0.00121. The lowest BCUT2D eigenvalue weighted by Crippen LogP contribution is -2.57. The first kappa shape index (κ1) is 28.0.